The van der Waals surface area contributed by atoms with E-state index < -0.39 is 24.0 Å². The van der Waals surface area contributed by atoms with Gasteiger partial charge in [-0.2, -0.15) is 0 Å². The first kappa shape index (κ1) is 12.8. The third kappa shape index (κ3) is 2.07. The Hall–Kier alpha value is -0.240. The minimum Gasteiger partial charge on any atom is -0.366 e. The van der Waals surface area contributed by atoms with Gasteiger partial charge in [-0.1, -0.05) is 0 Å². The summed E-state index contributed by atoms with van der Waals surface area (Å²) in [6.07, 6.45) is -2.38. The van der Waals surface area contributed by atoms with Crippen LogP contribution in [0.4, 0.5) is 0 Å². The smallest absolute Gasteiger partial charge is 0.184 e. The lowest BCUT2D eigenvalue weighted by atomic mass is 10.1. The van der Waals surface area contributed by atoms with Gasteiger partial charge in [0, 0.05) is 0 Å². The van der Waals surface area contributed by atoms with Gasteiger partial charge in [0.1, 0.15) is 24.4 Å². The second-order valence-electron chi connectivity index (χ2n) is 5.92. The van der Waals surface area contributed by atoms with Gasteiger partial charge in [-0.25, -0.2) is 0 Å². The number of hydrogen-bond donors (Lipinski definition) is 1. The minimum absolute atomic E-state index is 0.248. The van der Waals surface area contributed by atoms with Crippen LogP contribution in [0.5, 0.6) is 0 Å². The number of aliphatic hydroxyl groups is 1. The molecule has 3 saturated heterocycles. The molecule has 1 N–H and O–H groups in total. The van der Waals surface area contributed by atoms with Crippen molar-refractivity contribution in [2.75, 3.05) is 6.61 Å². The van der Waals surface area contributed by atoms with Crippen LogP contribution in [0.15, 0.2) is 0 Å². The molecule has 3 fully saturated rings. The Morgan fingerprint density at radius 2 is 1.56 bits per heavy atom. The summed E-state index contributed by atoms with van der Waals surface area (Å²) in [6, 6.07) is 0. The minimum atomic E-state index is -0.978. The van der Waals surface area contributed by atoms with Crippen molar-refractivity contribution in [3.8, 4) is 0 Å². The van der Waals surface area contributed by atoms with Crippen molar-refractivity contribution in [3.05, 3.63) is 0 Å². The summed E-state index contributed by atoms with van der Waals surface area (Å²) in [5.74, 6) is -1.32. The molecule has 0 amide bonds. The van der Waals surface area contributed by atoms with E-state index in [0.29, 0.717) is 6.61 Å². The van der Waals surface area contributed by atoms with Crippen molar-refractivity contribution < 1.29 is 28.8 Å². The molecular formula is C12H20O6. The zero-order valence-corrected chi connectivity index (χ0v) is 11.1. The van der Waals surface area contributed by atoms with Gasteiger partial charge < -0.3 is 28.8 Å². The first-order chi connectivity index (χ1) is 8.27. The Labute approximate surface area is 106 Å². The number of hydrogen-bond acceptors (Lipinski definition) is 6. The van der Waals surface area contributed by atoms with Gasteiger partial charge in [0.25, 0.3) is 0 Å². The maximum absolute atomic E-state index is 9.87. The van der Waals surface area contributed by atoms with Gasteiger partial charge in [0.05, 0.1) is 6.61 Å². The molecule has 3 aliphatic rings. The highest BCUT2D eigenvalue weighted by molar-refractivity contribution is 4.99. The fourth-order valence-electron chi connectivity index (χ4n) is 2.78. The van der Waals surface area contributed by atoms with Crippen LogP contribution < -0.4 is 0 Å². The molecular weight excluding hydrogens is 240 g/mol. The normalized spacial score (nSPS) is 49.5. The summed E-state index contributed by atoms with van der Waals surface area (Å²) < 4.78 is 28.2. The summed E-state index contributed by atoms with van der Waals surface area (Å²) in [7, 11) is 0. The lowest BCUT2D eigenvalue weighted by Gasteiger charge is -2.26. The van der Waals surface area contributed by atoms with Crippen LogP contribution in [-0.2, 0) is 23.7 Å². The third-order valence-corrected chi connectivity index (χ3v) is 3.46. The van der Waals surface area contributed by atoms with E-state index in [2.05, 4.69) is 0 Å². The summed E-state index contributed by atoms with van der Waals surface area (Å²) >= 11 is 0. The Kier molecular flexibility index (Phi) is 2.75. The van der Waals surface area contributed by atoms with Gasteiger partial charge in [0.15, 0.2) is 17.9 Å². The van der Waals surface area contributed by atoms with Crippen molar-refractivity contribution in [1.29, 1.82) is 0 Å². The van der Waals surface area contributed by atoms with Gasteiger partial charge >= 0.3 is 0 Å². The van der Waals surface area contributed by atoms with Crippen LogP contribution in [0, 0.1) is 0 Å². The van der Waals surface area contributed by atoms with Crippen LogP contribution in [-0.4, -0.2) is 54.0 Å². The molecule has 1 unspecified atom stereocenters. The van der Waals surface area contributed by atoms with E-state index in [1.807, 2.05) is 27.7 Å². The fourth-order valence-corrected chi connectivity index (χ4v) is 2.78. The van der Waals surface area contributed by atoms with Gasteiger partial charge in [-0.15, -0.1) is 0 Å². The van der Waals surface area contributed by atoms with Crippen molar-refractivity contribution >= 4 is 0 Å². The van der Waals surface area contributed by atoms with Gasteiger partial charge in [0.2, 0.25) is 0 Å². The predicted octanol–water partition coefficient (Wildman–Crippen LogP) is 0.375. The van der Waals surface area contributed by atoms with E-state index in [1.165, 1.54) is 0 Å². The fraction of sp³-hybridized carbons (Fsp3) is 1.00. The molecule has 3 rings (SSSR count). The molecule has 0 aromatic heterocycles. The Morgan fingerprint density at radius 1 is 0.889 bits per heavy atom. The van der Waals surface area contributed by atoms with E-state index in [9.17, 15) is 5.11 Å². The maximum atomic E-state index is 9.87. The number of rotatable bonds is 1. The van der Waals surface area contributed by atoms with Crippen molar-refractivity contribution in [2.24, 2.45) is 0 Å². The first-order valence-electron chi connectivity index (χ1n) is 6.28. The highest BCUT2D eigenvalue weighted by Gasteiger charge is 2.58. The van der Waals surface area contributed by atoms with Crippen LogP contribution in [0.2, 0.25) is 0 Å². The predicted molar refractivity (Wildman–Crippen MR) is 59.6 cm³/mol. The summed E-state index contributed by atoms with van der Waals surface area (Å²) in [6.45, 7) is 7.78. The molecule has 0 aliphatic carbocycles. The first-order valence-corrected chi connectivity index (χ1v) is 6.28. The number of ether oxygens (including phenoxy) is 5. The number of aliphatic hydroxyl groups excluding tert-OH is 1. The summed E-state index contributed by atoms with van der Waals surface area (Å²) in [4.78, 5) is 0. The van der Waals surface area contributed by atoms with E-state index in [-0.39, 0.29) is 18.3 Å². The molecule has 6 heteroatoms. The quantitative estimate of drug-likeness (QED) is 0.735. The second kappa shape index (κ2) is 3.88. The molecule has 0 spiro atoms. The lowest BCUT2D eigenvalue weighted by molar-refractivity contribution is -0.236. The second-order valence-corrected chi connectivity index (χ2v) is 5.92. The molecule has 0 saturated carbocycles. The van der Waals surface area contributed by atoms with Crippen LogP contribution >= 0.6 is 0 Å². The molecule has 0 bridgehead atoms. The standard InChI is InChI=1S/C12H20O6/c1-11(2)14-5-6(16-11)7-8-9(10(13)15-7)18-12(3,4)17-8/h6-10,13H,5H2,1-4H3/t6-,7-,8+,9-,10?/m1/s1. The Bertz CT molecular complexity index is 341. The molecule has 104 valence electrons. The highest BCUT2D eigenvalue weighted by atomic mass is 16.8. The zero-order chi connectivity index (χ0) is 13.1. The van der Waals surface area contributed by atoms with E-state index >= 15 is 0 Å². The van der Waals surface area contributed by atoms with Crippen LogP contribution in [0.25, 0.3) is 0 Å². The average molecular weight is 260 g/mol. The van der Waals surface area contributed by atoms with E-state index in [1.54, 1.807) is 0 Å². The zero-order valence-electron chi connectivity index (χ0n) is 11.1. The largest absolute Gasteiger partial charge is 0.366 e. The average Bonchev–Trinajstić information content (AvgIpc) is 2.81. The van der Waals surface area contributed by atoms with Crippen molar-refractivity contribution in [1.82, 2.24) is 0 Å². The molecule has 3 heterocycles. The highest BCUT2D eigenvalue weighted by Crippen LogP contribution is 2.41. The summed E-state index contributed by atoms with van der Waals surface area (Å²) in [5.41, 5.74) is 0. The third-order valence-electron chi connectivity index (χ3n) is 3.46. The molecule has 5 atom stereocenters. The van der Waals surface area contributed by atoms with Crippen LogP contribution in [0.1, 0.15) is 27.7 Å². The SMILES string of the molecule is CC1(C)OC[C@H]([C@H]2OC(O)[C@@H]3OC(C)(C)O[C@@H]23)O1. The molecule has 6 nitrogen and oxygen atoms in total. The maximum Gasteiger partial charge on any atom is 0.184 e. The molecule has 0 aromatic carbocycles. The number of fused-ring (bicyclic) bond motifs is 1. The van der Waals surface area contributed by atoms with Crippen molar-refractivity contribution in [3.63, 3.8) is 0 Å². The topological polar surface area (TPSA) is 66.4 Å². The Balaban J connectivity index is 1.75. The van der Waals surface area contributed by atoms with Crippen molar-refractivity contribution in [2.45, 2.75) is 70.0 Å². The van der Waals surface area contributed by atoms with Gasteiger partial charge in [-0.3, -0.25) is 0 Å². The summed E-state index contributed by atoms with van der Waals surface area (Å²) in [5, 5.41) is 9.87. The van der Waals surface area contributed by atoms with E-state index in [0.717, 1.165) is 0 Å². The molecule has 18 heavy (non-hydrogen) atoms. The lowest BCUT2D eigenvalue weighted by Crippen LogP contribution is -2.40. The molecule has 0 aromatic rings. The molecule has 3 aliphatic heterocycles. The monoisotopic (exact) mass is 260 g/mol. The Morgan fingerprint density at radius 3 is 2.17 bits per heavy atom. The van der Waals surface area contributed by atoms with Crippen LogP contribution in [0.3, 0.4) is 0 Å². The van der Waals surface area contributed by atoms with E-state index in [4.69, 9.17) is 23.7 Å². The molecule has 0 radical (unpaired) electrons. The van der Waals surface area contributed by atoms with Gasteiger partial charge in [-0.05, 0) is 27.7 Å².